The molecular formula is C19H21F3N2O4S. The quantitative estimate of drug-likeness (QED) is 0.749. The van der Waals surface area contributed by atoms with Crippen molar-refractivity contribution in [2.75, 3.05) is 26.2 Å². The van der Waals surface area contributed by atoms with Gasteiger partial charge in [-0.1, -0.05) is 6.07 Å². The molecule has 0 bridgehead atoms. The minimum absolute atomic E-state index is 0.000746. The summed E-state index contributed by atoms with van der Waals surface area (Å²) in [7, 11) is -4.09. The molecule has 0 atom stereocenters. The van der Waals surface area contributed by atoms with E-state index in [-0.39, 0.29) is 32.1 Å². The maximum atomic E-state index is 12.9. The largest absolute Gasteiger partial charge is 0.466 e. The molecule has 1 amide bonds. The fraction of sp³-hybridized carbons (Fsp3) is 0.421. The van der Waals surface area contributed by atoms with Crippen molar-refractivity contribution in [3.05, 3.63) is 52.5 Å². The molecule has 1 aliphatic rings. The van der Waals surface area contributed by atoms with Gasteiger partial charge >= 0.3 is 6.18 Å². The first-order valence-electron chi connectivity index (χ1n) is 8.96. The maximum Gasteiger partial charge on any atom is 0.416 e. The standard InChI is InChI=1S/C19H21F3N2O4S/c1-12-13(2)28-14(3)17(12)18(25)23-7-9-24(10-8-23)29(26,27)16-6-4-5-15(11-16)19(20,21)22/h4-6,11H,7-10H2,1-3H3. The molecular weight excluding hydrogens is 409 g/mol. The minimum atomic E-state index is -4.63. The second-order valence-corrected chi connectivity index (χ2v) is 8.87. The zero-order valence-electron chi connectivity index (χ0n) is 16.2. The lowest BCUT2D eigenvalue weighted by molar-refractivity contribution is -0.137. The van der Waals surface area contributed by atoms with Gasteiger partial charge in [-0.15, -0.1) is 0 Å². The molecule has 1 aromatic heterocycles. The van der Waals surface area contributed by atoms with Crippen molar-refractivity contribution >= 4 is 15.9 Å². The van der Waals surface area contributed by atoms with E-state index < -0.39 is 26.7 Å². The SMILES string of the molecule is Cc1oc(C)c(C(=O)N2CCN(S(=O)(=O)c3cccc(C(F)(F)F)c3)CC2)c1C. The van der Waals surface area contributed by atoms with E-state index in [0.717, 1.165) is 28.1 Å². The first kappa shape index (κ1) is 21.4. The van der Waals surface area contributed by atoms with Crippen molar-refractivity contribution in [1.29, 1.82) is 0 Å². The lowest BCUT2D eigenvalue weighted by atomic mass is 10.1. The first-order valence-corrected chi connectivity index (χ1v) is 10.4. The van der Waals surface area contributed by atoms with Gasteiger partial charge in [0.15, 0.2) is 0 Å². The molecule has 2 aromatic rings. The molecule has 1 aromatic carbocycles. The Morgan fingerprint density at radius 1 is 1.03 bits per heavy atom. The van der Waals surface area contributed by atoms with Crippen LogP contribution in [-0.2, 0) is 16.2 Å². The van der Waals surface area contributed by atoms with E-state index in [1.807, 2.05) is 0 Å². The van der Waals surface area contributed by atoms with E-state index in [2.05, 4.69) is 0 Å². The highest BCUT2D eigenvalue weighted by molar-refractivity contribution is 7.89. The lowest BCUT2D eigenvalue weighted by Gasteiger charge is -2.34. The van der Waals surface area contributed by atoms with Gasteiger partial charge in [0.05, 0.1) is 16.0 Å². The summed E-state index contributed by atoms with van der Waals surface area (Å²) in [6, 6.07) is 3.67. The van der Waals surface area contributed by atoms with Crippen molar-refractivity contribution in [2.45, 2.75) is 31.8 Å². The summed E-state index contributed by atoms with van der Waals surface area (Å²) >= 11 is 0. The molecule has 0 spiro atoms. The van der Waals surface area contributed by atoms with E-state index in [4.69, 9.17) is 4.42 Å². The van der Waals surface area contributed by atoms with Crippen LogP contribution in [0.2, 0.25) is 0 Å². The van der Waals surface area contributed by atoms with Crippen LogP contribution in [0.1, 0.15) is 33.0 Å². The van der Waals surface area contributed by atoms with E-state index in [9.17, 15) is 26.4 Å². The number of benzene rings is 1. The number of piperazine rings is 1. The monoisotopic (exact) mass is 430 g/mol. The molecule has 0 unspecified atom stereocenters. The highest BCUT2D eigenvalue weighted by atomic mass is 32.2. The Morgan fingerprint density at radius 2 is 1.66 bits per heavy atom. The Hall–Kier alpha value is -2.33. The number of hydrogen-bond acceptors (Lipinski definition) is 4. The Labute approximate surface area is 167 Å². The predicted octanol–water partition coefficient (Wildman–Crippen LogP) is 3.37. The van der Waals surface area contributed by atoms with Gasteiger partial charge in [-0.2, -0.15) is 17.5 Å². The van der Waals surface area contributed by atoms with Crippen LogP contribution in [0.5, 0.6) is 0 Å². The number of aryl methyl sites for hydroxylation is 2. The number of sulfonamides is 1. The molecule has 6 nitrogen and oxygen atoms in total. The lowest BCUT2D eigenvalue weighted by Crippen LogP contribution is -2.50. The van der Waals surface area contributed by atoms with Crippen LogP contribution in [0.3, 0.4) is 0 Å². The van der Waals surface area contributed by atoms with Crippen LogP contribution >= 0.6 is 0 Å². The third kappa shape index (κ3) is 4.04. The van der Waals surface area contributed by atoms with E-state index in [1.165, 1.54) is 4.90 Å². The van der Waals surface area contributed by atoms with Crippen molar-refractivity contribution in [3.63, 3.8) is 0 Å². The number of rotatable bonds is 3. The van der Waals surface area contributed by atoms with Crippen molar-refractivity contribution in [1.82, 2.24) is 9.21 Å². The molecule has 2 heterocycles. The number of halogens is 3. The van der Waals surface area contributed by atoms with Gasteiger partial charge in [0.25, 0.3) is 5.91 Å². The van der Waals surface area contributed by atoms with Gasteiger partial charge in [-0.3, -0.25) is 4.79 Å². The molecule has 0 saturated carbocycles. The minimum Gasteiger partial charge on any atom is -0.466 e. The number of carbonyl (C=O) groups is 1. The molecule has 158 valence electrons. The smallest absolute Gasteiger partial charge is 0.416 e. The van der Waals surface area contributed by atoms with Crippen LogP contribution in [-0.4, -0.2) is 49.7 Å². The molecule has 29 heavy (non-hydrogen) atoms. The van der Waals surface area contributed by atoms with Crippen molar-refractivity contribution in [2.24, 2.45) is 0 Å². The summed E-state index contributed by atoms with van der Waals surface area (Å²) in [5.74, 6) is 0.911. The topological polar surface area (TPSA) is 70.8 Å². The average molecular weight is 430 g/mol. The fourth-order valence-corrected chi connectivity index (χ4v) is 4.85. The first-order chi connectivity index (χ1) is 13.4. The summed E-state index contributed by atoms with van der Waals surface area (Å²) in [6.07, 6.45) is -4.63. The number of furan rings is 1. The second kappa shape index (κ2) is 7.49. The number of amides is 1. The number of hydrogen-bond donors (Lipinski definition) is 0. The Morgan fingerprint density at radius 3 is 2.17 bits per heavy atom. The summed E-state index contributed by atoms with van der Waals surface area (Å²) in [4.78, 5) is 13.9. The summed E-state index contributed by atoms with van der Waals surface area (Å²) in [6.45, 7) is 5.52. The number of alkyl halides is 3. The van der Waals surface area contributed by atoms with Gasteiger partial charge in [0.2, 0.25) is 10.0 Å². The molecule has 0 N–H and O–H groups in total. The van der Waals surface area contributed by atoms with Gasteiger partial charge < -0.3 is 9.32 Å². The van der Waals surface area contributed by atoms with E-state index in [0.29, 0.717) is 23.2 Å². The average Bonchev–Trinajstić information content (AvgIpc) is 2.92. The molecule has 3 rings (SSSR count). The van der Waals surface area contributed by atoms with E-state index >= 15 is 0 Å². The maximum absolute atomic E-state index is 12.9. The fourth-order valence-electron chi connectivity index (χ4n) is 3.38. The highest BCUT2D eigenvalue weighted by Gasteiger charge is 2.35. The molecule has 0 aliphatic carbocycles. The highest BCUT2D eigenvalue weighted by Crippen LogP contribution is 2.31. The second-order valence-electron chi connectivity index (χ2n) is 6.94. The molecule has 1 fully saturated rings. The number of nitrogens with zero attached hydrogens (tertiary/aromatic N) is 2. The third-order valence-electron chi connectivity index (χ3n) is 5.10. The molecule has 10 heteroatoms. The predicted molar refractivity (Wildman–Crippen MR) is 99.0 cm³/mol. The zero-order chi connectivity index (χ0) is 21.6. The molecule has 0 radical (unpaired) electrons. The Balaban J connectivity index is 1.76. The van der Waals surface area contributed by atoms with Gasteiger partial charge in [0.1, 0.15) is 11.5 Å². The van der Waals surface area contributed by atoms with Crippen LogP contribution < -0.4 is 0 Å². The normalized spacial score (nSPS) is 16.3. The van der Waals surface area contributed by atoms with Gasteiger partial charge in [0, 0.05) is 31.7 Å². The third-order valence-corrected chi connectivity index (χ3v) is 6.99. The van der Waals surface area contributed by atoms with Gasteiger partial charge in [-0.05, 0) is 39.0 Å². The Kier molecular flexibility index (Phi) is 5.52. The van der Waals surface area contributed by atoms with Crippen LogP contribution in [0.25, 0.3) is 0 Å². The van der Waals surface area contributed by atoms with Gasteiger partial charge in [-0.25, -0.2) is 8.42 Å². The van der Waals surface area contributed by atoms with Crippen LogP contribution in [0.15, 0.2) is 33.6 Å². The van der Waals surface area contributed by atoms with Crippen LogP contribution in [0, 0.1) is 20.8 Å². The molecule has 1 saturated heterocycles. The zero-order valence-corrected chi connectivity index (χ0v) is 17.0. The summed E-state index contributed by atoms with van der Waals surface area (Å²) in [5, 5.41) is 0. The Bertz CT molecular complexity index is 1040. The van der Waals surface area contributed by atoms with Crippen LogP contribution in [0.4, 0.5) is 13.2 Å². The molecule has 1 aliphatic heterocycles. The summed E-state index contributed by atoms with van der Waals surface area (Å²) < 4.78 is 70.8. The summed E-state index contributed by atoms with van der Waals surface area (Å²) in [5.41, 5.74) is 0.192. The van der Waals surface area contributed by atoms with Crippen molar-refractivity contribution in [3.8, 4) is 0 Å². The number of carbonyl (C=O) groups excluding carboxylic acids is 1. The van der Waals surface area contributed by atoms with E-state index in [1.54, 1.807) is 20.8 Å². The van der Waals surface area contributed by atoms with Crippen molar-refractivity contribution < 1.29 is 30.8 Å².